The number of piperazine rings is 1. The van der Waals surface area contributed by atoms with E-state index in [-0.39, 0.29) is 0 Å². The van der Waals surface area contributed by atoms with Crippen LogP contribution in [0.1, 0.15) is 31.2 Å². The van der Waals surface area contributed by atoms with Gasteiger partial charge in [-0.15, -0.1) is 0 Å². The first-order valence-electron chi connectivity index (χ1n) is 9.50. The number of hydrogen-bond donors (Lipinski definition) is 0. The van der Waals surface area contributed by atoms with E-state index in [0.717, 1.165) is 37.6 Å². The van der Waals surface area contributed by atoms with Crippen LogP contribution in [0.25, 0.3) is 11.4 Å². The molecule has 0 saturated carbocycles. The van der Waals surface area contributed by atoms with E-state index in [0.29, 0.717) is 24.2 Å². The standard InChI is InChI=1S/C21H25N5O/c1-16(2)17-6-8-18(9-7-17)21-23-20(27-24-21)15-25-11-13-26(14-12-25)19-5-3-4-10-22-19/h3-10,16H,11-15H2,1-2H3. The maximum absolute atomic E-state index is 5.48. The molecule has 0 unspecified atom stereocenters. The highest BCUT2D eigenvalue weighted by molar-refractivity contribution is 5.54. The molecule has 0 aliphatic carbocycles. The molecule has 4 rings (SSSR count). The number of nitrogens with zero attached hydrogens (tertiary/aromatic N) is 5. The first kappa shape index (κ1) is 17.7. The summed E-state index contributed by atoms with van der Waals surface area (Å²) in [6.45, 7) is 8.88. The van der Waals surface area contributed by atoms with Crippen molar-refractivity contribution in [2.24, 2.45) is 0 Å². The molecular weight excluding hydrogens is 338 g/mol. The summed E-state index contributed by atoms with van der Waals surface area (Å²) < 4.78 is 5.48. The molecule has 2 aromatic heterocycles. The van der Waals surface area contributed by atoms with Crippen molar-refractivity contribution in [3.63, 3.8) is 0 Å². The molecule has 3 aromatic rings. The monoisotopic (exact) mass is 363 g/mol. The second-order valence-electron chi connectivity index (χ2n) is 7.24. The Morgan fingerprint density at radius 1 is 1.00 bits per heavy atom. The summed E-state index contributed by atoms with van der Waals surface area (Å²) in [7, 11) is 0. The van der Waals surface area contributed by atoms with Crippen molar-refractivity contribution in [1.29, 1.82) is 0 Å². The van der Waals surface area contributed by atoms with Gasteiger partial charge in [-0.05, 0) is 23.6 Å². The lowest BCUT2D eigenvalue weighted by Crippen LogP contribution is -2.46. The molecule has 1 saturated heterocycles. The Bertz CT molecular complexity index is 852. The molecule has 1 aromatic carbocycles. The lowest BCUT2D eigenvalue weighted by molar-refractivity contribution is 0.215. The number of rotatable bonds is 5. The van der Waals surface area contributed by atoms with Crippen LogP contribution in [0.5, 0.6) is 0 Å². The molecule has 1 fully saturated rings. The normalized spacial score (nSPS) is 15.4. The maximum Gasteiger partial charge on any atom is 0.241 e. The van der Waals surface area contributed by atoms with Crippen molar-refractivity contribution in [3.05, 3.63) is 60.1 Å². The molecule has 140 valence electrons. The van der Waals surface area contributed by atoms with Crippen molar-refractivity contribution >= 4 is 5.82 Å². The Labute approximate surface area is 159 Å². The van der Waals surface area contributed by atoms with E-state index in [1.165, 1.54) is 5.56 Å². The van der Waals surface area contributed by atoms with Crippen molar-refractivity contribution < 1.29 is 4.52 Å². The van der Waals surface area contributed by atoms with Crippen LogP contribution in [0.2, 0.25) is 0 Å². The zero-order chi connectivity index (χ0) is 18.6. The second-order valence-corrected chi connectivity index (χ2v) is 7.24. The third-order valence-corrected chi connectivity index (χ3v) is 5.01. The number of benzene rings is 1. The van der Waals surface area contributed by atoms with Gasteiger partial charge in [0.15, 0.2) is 0 Å². The first-order valence-corrected chi connectivity index (χ1v) is 9.50. The average molecular weight is 363 g/mol. The van der Waals surface area contributed by atoms with Crippen LogP contribution in [0.3, 0.4) is 0 Å². The van der Waals surface area contributed by atoms with Gasteiger partial charge in [-0.25, -0.2) is 4.98 Å². The molecule has 1 aliphatic rings. The van der Waals surface area contributed by atoms with Gasteiger partial charge in [-0.2, -0.15) is 4.98 Å². The highest BCUT2D eigenvalue weighted by Gasteiger charge is 2.20. The van der Waals surface area contributed by atoms with Gasteiger partial charge in [0, 0.05) is 37.9 Å². The van der Waals surface area contributed by atoms with E-state index in [9.17, 15) is 0 Å². The third kappa shape index (κ3) is 4.17. The molecule has 0 spiro atoms. The highest BCUT2D eigenvalue weighted by atomic mass is 16.5. The smallest absolute Gasteiger partial charge is 0.241 e. The van der Waals surface area contributed by atoms with Crippen LogP contribution in [-0.4, -0.2) is 46.2 Å². The molecule has 0 atom stereocenters. The quantitative estimate of drug-likeness (QED) is 0.691. The van der Waals surface area contributed by atoms with Gasteiger partial charge in [-0.3, -0.25) is 4.90 Å². The molecule has 0 bridgehead atoms. The number of pyridine rings is 1. The zero-order valence-electron chi connectivity index (χ0n) is 15.9. The van der Waals surface area contributed by atoms with Crippen molar-refractivity contribution in [1.82, 2.24) is 20.0 Å². The summed E-state index contributed by atoms with van der Waals surface area (Å²) in [4.78, 5) is 13.7. The van der Waals surface area contributed by atoms with Crippen LogP contribution in [0, 0.1) is 0 Å². The van der Waals surface area contributed by atoms with Gasteiger partial charge in [-0.1, -0.05) is 49.3 Å². The average Bonchev–Trinajstić information content (AvgIpc) is 3.18. The lowest BCUT2D eigenvalue weighted by atomic mass is 10.0. The fourth-order valence-electron chi connectivity index (χ4n) is 3.32. The van der Waals surface area contributed by atoms with Crippen LogP contribution >= 0.6 is 0 Å². The summed E-state index contributed by atoms with van der Waals surface area (Å²) in [5.41, 5.74) is 2.31. The summed E-state index contributed by atoms with van der Waals surface area (Å²) in [6, 6.07) is 14.4. The minimum Gasteiger partial charge on any atom is -0.354 e. The van der Waals surface area contributed by atoms with Gasteiger partial charge in [0.1, 0.15) is 5.82 Å². The molecule has 1 aliphatic heterocycles. The Morgan fingerprint density at radius 2 is 1.78 bits per heavy atom. The van der Waals surface area contributed by atoms with Crippen LogP contribution in [0.15, 0.2) is 53.2 Å². The minimum atomic E-state index is 0.518. The maximum atomic E-state index is 5.48. The summed E-state index contributed by atoms with van der Waals surface area (Å²) in [6.07, 6.45) is 1.84. The molecule has 0 N–H and O–H groups in total. The second kappa shape index (κ2) is 7.88. The first-order chi connectivity index (χ1) is 13.2. The highest BCUT2D eigenvalue weighted by Crippen LogP contribution is 2.21. The van der Waals surface area contributed by atoms with E-state index >= 15 is 0 Å². The summed E-state index contributed by atoms with van der Waals surface area (Å²) >= 11 is 0. The molecule has 0 radical (unpaired) electrons. The van der Waals surface area contributed by atoms with E-state index in [1.54, 1.807) is 0 Å². The van der Waals surface area contributed by atoms with Crippen molar-refractivity contribution in [3.8, 4) is 11.4 Å². The van der Waals surface area contributed by atoms with Gasteiger partial charge in [0.05, 0.1) is 6.54 Å². The predicted octanol–water partition coefficient (Wildman–Crippen LogP) is 3.58. The fraction of sp³-hybridized carbons (Fsp3) is 0.381. The molecule has 0 amide bonds. The largest absolute Gasteiger partial charge is 0.354 e. The molecular formula is C21H25N5O. The van der Waals surface area contributed by atoms with E-state index in [1.807, 2.05) is 18.3 Å². The third-order valence-electron chi connectivity index (χ3n) is 5.01. The Hall–Kier alpha value is -2.73. The Balaban J connectivity index is 1.35. The topological polar surface area (TPSA) is 58.3 Å². The van der Waals surface area contributed by atoms with E-state index in [2.05, 4.69) is 69.1 Å². The summed E-state index contributed by atoms with van der Waals surface area (Å²) in [5.74, 6) is 2.89. The van der Waals surface area contributed by atoms with Crippen molar-refractivity contribution in [2.75, 3.05) is 31.1 Å². The van der Waals surface area contributed by atoms with Crippen molar-refractivity contribution in [2.45, 2.75) is 26.3 Å². The molecule has 27 heavy (non-hydrogen) atoms. The van der Waals surface area contributed by atoms with Gasteiger partial charge < -0.3 is 9.42 Å². The predicted molar refractivity (Wildman–Crippen MR) is 106 cm³/mol. The van der Waals surface area contributed by atoms with Gasteiger partial charge in [0.2, 0.25) is 11.7 Å². The van der Waals surface area contributed by atoms with E-state index in [4.69, 9.17) is 4.52 Å². The Morgan fingerprint density at radius 3 is 2.44 bits per heavy atom. The lowest BCUT2D eigenvalue weighted by Gasteiger charge is -2.34. The van der Waals surface area contributed by atoms with E-state index < -0.39 is 0 Å². The van der Waals surface area contributed by atoms with Crippen LogP contribution in [-0.2, 0) is 6.54 Å². The zero-order valence-corrected chi connectivity index (χ0v) is 15.9. The van der Waals surface area contributed by atoms with Crippen LogP contribution < -0.4 is 4.90 Å². The number of anilines is 1. The molecule has 3 heterocycles. The SMILES string of the molecule is CC(C)c1ccc(-c2noc(CN3CCN(c4ccccn4)CC3)n2)cc1. The minimum absolute atomic E-state index is 0.518. The van der Waals surface area contributed by atoms with Gasteiger partial charge in [0.25, 0.3) is 0 Å². The van der Waals surface area contributed by atoms with Gasteiger partial charge >= 0.3 is 0 Å². The number of hydrogen-bond acceptors (Lipinski definition) is 6. The Kier molecular flexibility index (Phi) is 5.16. The number of aromatic nitrogens is 3. The van der Waals surface area contributed by atoms with Crippen LogP contribution in [0.4, 0.5) is 5.82 Å². The summed E-state index contributed by atoms with van der Waals surface area (Å²) in [5, 5.41) is 4.16. The fourth-order valence-corrected chi connectivity index (χ4v) is 3.32. The molecule has 6 heteroatoms. The molecule has 6 nitrogen and oxygen atoms in total.